The maximum Gasteiger partial charge on any atom is 0.405 e. The molecule has 1 aromatic heterocycles. The Balaban J connectivity index is 2.74. The third-order valence-electron chi connectivity index (χ3n) is 4.14. The predicted octanol–water partition coefficient (Wildman–Crippen LogP) is -0.650. The summed E-state index contributed by atoms with van der Waals surface area (Å²) >= 11 is 0. The SMILES string of the molecule is CC(C)C[C@H](NC(=O)O)C(=O)NC(C)C(=O)C(=O)N[C@@H](Cc1ccncc1)C(N)=O. The molecule has 1 rings (SSSR count). The monoisotopic (exact) mass is 421 g/mol. The predicted molar refractivity (Wildman–Crippen MR) is 106 cm³/mol. The van der Waals surface area contributed by atoms with E-state index in [2.05, 4.69) is 20.9 Å². The Labute approximate surface area is 173 Å². The van der Waals surface area contributed by atoms with Crippen LogP contribution in [0, 0.1) is 5.92 Å². The molecule has 164 valence electrons. The van der Waals surface area contributed by atoms with Crippen LogP contribution in [-0.4, -0.2) is 57.8 Å². The molecule has 0 radical (unpaired) electrons. The zero-order valence-corrected chi connectivity index (χ0v) is 17.0. The van der Waals surface area contributed by atoms with Gasteiger partial charge in [-0.15, -0.1) is 0 Å². The summed E-state index contributed by atoms with van der Waals surface area (Å²) in [6.07, 6.45) is 1.92. The minimum Gasteiger partial charge on any atom is -0.465 e. The van der Waals surface area contributed by atoms with E-state index in [0.717, 1.165) is 0 Å². The van der Waals surface area contributed by atoms with E-state index < -0.39 is 47.7 Å². The molecule has 0 aliphatic carbocycles. The first-order valence-corrected chi connectivity index (χ1v) is 9.34. The van der Waals surface area contributed by atoms with E-state index in [-0.39, 0.29) is 18.8 Å². The molecule has 0 saturated heterocycles. The number of aromatic nitrogens is 1. The molecule has 1 heterocycles. The van der Waals surface area contributed by atoms with Gasteiger partial charge in [-0.05, 0) is 37.0 Å². The number of nitrogens with two attached hydrogens (primary N) is 1. The van der Waals surface area contributed by atoms with Gasteiger partial charge in [-0.2, -0.15) is 0 Å². The molecule has 6 N–H and O–H groups in total. The van der Waals surface area contributed by atoms with Crippen molar-refractivity contribution >= 4 is 29.6 Å². The van der Waals surface area contributed by atoms with Crippen molar-refractivity contribution in [3.05, 3.63) is 30.1 Å². The molecule has 0 aromatic carbocycles. The fourth-order valence-electron chi connectivity index (χ4n) is 2.63. The fraction of sp³-hybridized carbons (Fsp3) is 0.474. The zero-order valence-electron chi connectivity index (χ0n) is 17.0. The lowest BCUT2D eigenvalue weighted by Crippen LogP contribution is -2.55. The Morgan fingerprint density at radius 1 is 1.00 bits per heavy atom. The normalized spacial score (nSPS) is 13.6. The van der Waals surface area contributed by atoms with Crippen LogP contribution in [0.2, 0.25) is 0 Å². The first-order valence-electron chi connectivity index (χ1n) is 9.34. The molecule has 1 aromatic rings. The van der Waals surface area contributed by atoms with Gasteiger partial charge in [0, 0.05) is 18.8 Å². The Morgan fingerprint density at radius 2 is 1.60 bits per heavy atom. The first-order chi connectivity index (χ1) is 14.0. The molecule has 0 aliphatic rings. The smallest absolute Gasteiger partial charge is 0.405 e. The first kappa shape index (κ1) is 24.5. The second-order valence-corrected chi connectivity index (χ2v) is 7.21. The van der Waals surface area contributed by atoms with Gasteiger partial charge in [-0.3, -0.25) is 24.2 Å². The van der Waals surface area contributed by atoms with E-state index in [4.69, 9.17) is 10.8 Å². The van der Waals surface area contributed by atoms with Crippen LogP contribution in [0.5, 0.6) is 0 Å². The van der Waals surface area contributed by atoms with Gasteiger partial charge >= 0.3 is 6.09 Å². The van der Waals surface area contributed by atoms with Crippen molar-refractivity contribution in [2.45, 2.75) is 51.7 Å². The second-order valence-electron chi connectivity index (χ2n) is 7.21. The molecule has 0 spiro atoms. The number of rotatable bonds is 11. The Hall–Kier alpha value is -3.50. The van der Waals surface area contributed by atoms with Crippen molar-refractivity contribution in [1.82, 2.24) is 20.9 Å². The minimum absolute atomic E-state index is 0.00594. The number of Topliss-reactive ketones (excluding diaryl/α,β-unsaturated/α-hetero) is 1. The Kier molecular flexibility index (Phi) is 9.40. The van der Waals surface area contributed by atoms with Gasteiger partial charge < -0.3 is 26.8 Å². The number of amides is 4. The van der Waals surface area contributed by atoms with E-state index in [0.29, 0.717) is 5.56 Å². The number of hydrogen-bond acceptors (Lipinski definition) is 6. The van der Waals surface area contributed by atoms with E-state index >= 15 is 0 Å². The van der Waals surface area contributed by atoms with E-state index in [1.165, 1.54) is 19.3 Å². The van der Waals surface area contributed by atoms with E-state index in [9.17, 15) is 24.0 Å². The summed E-state index contributed by atoms with van der Waals surface area (Å²) in [6, 6.07) is -0.175. The molecule has 0 fully saturated rings. The molecule has 4 amide bonds. The van der Waals surface area contributed by atoms with Gasteiger partial charge in [0.05, 0.1) is 6.04 Å². The fourth-order valence-corrected chi connectivity index (χ4v) is 2.63. The quantitative estimate of drug-likeness (QED) is 0.294. The van der Waals surface area contributed by atoms with Crippen LogP contribution in [0.3, 0.4) is 0 Å². The van der Waals surface area contributed by atoms with Crippen molar-refractivity contribution in [2.24, 2.45) is 11.7 Å². The summed E-state index contributed by atoms with van der Waals surface area (Å²) in [5, 5.41) is 15.6. The number of carbonyl (C=O) groups excluding carboxylic acids is 4. The van der Waals surface area contributed by atoms with Crippen molar-refractivity contribution < 1.29 is 29.1 Å². The Morgan fingerprint density at radius 3 is 2.10 bits per heavy atom. The minimum atomic E-state index is -1.38. The summed E-state index contributed by atoms with van der Waals surface area (Å²) < 4.78 is 0. The molecule has 0 aliphatic heterocycles. The summed E-state index contributed by atoms with van der Waals surface area (Å²) in [5.41, 5.74) is 5.99. The molecular formula is C19H27N5O6. The van der Waals surface area contributed by atoms with Crippen molar-refractivity contribution in [2.75, 3.05) is 0 Å². The van der Waals surface area contributed by atoms with Crippen LogP contribution in [0.1, 0.15) is 32.8 Å². The lowest BCUT2D eigenvalue weighted by molar-refractivity contribution is -0.141. The topological polar surface area (TPSA) is 181 Å². The van der Waals surface area contributed by atoms with E-state index in [1.54, 1.807) is 26.0 Å². The van der Waals surface area contributed by atoms with Crippen LogP contribution < -0.4 is 21.7 Å². The molecule has 0 bridgehead atoms. The number of nitrogens with one attached hydrogen (secondary N) is 3. The zero-order chi connectivity index (χ0) is 22.8. The van der Waals surface area contributed by atoms with Crippen LogP contribution in [0.4, 0.5) is 4.79 Å². The van der Waals surface area contributed by atoms with Crippen LogP contribution >= 0.6 is 0 Å². The molecule has 0 saturated carbocycles. The summed E-state index contributed by atoms with van der Waals surface area (Å²) in [5.74, 6) is -3.64. The number of nitrogens with zero attached hydrogens (tertiary/aromatic N) is 1. The van der Waals surface area contributed by atoms with Crippen molar-refractivity contribution in [3.63, 3.8) is 0 Å². The molecule has 30 heavy (non-hydrogen) atoms. The van der Waals surface area contributed by atoms with Gasteiger partial charge in [-0.25, -0.2) is 4.79 Å². The summed E-state index contributed by atoms with van der Waals surface area (Å²) in [6.45, 7) is 4.90. The molecule has 11 nitrogen and oxygen atoms in total. The highest BCUT2D eigenvalue weighted by atomic mass is 16.4. The largest absolute Gasteiger partial charge is 0.465 e. The van der Waals surface area contributed by atoms with Gasteiger partial charge in [-0.1, -0.05) is 13.8 Å². The third-order valence-corrected chi connectivity index (χ3v) is 4.14. The molecule has 1 unspecified atom stereocenters. The van der Waals surface area contributed by atoms with Crippen molar-refractivity contribution in [1.29, 1.82) is 0 Å². The number of carboxylic acid groups (broad SMARTS) is 1. The molecule has 11 heteroatoms. The van der Waals surface area contributed by atoms with Gasteiger partial charge in [0.25, 0.3) is 5.91 Å². The lowest BCUT2D eigenvalue weighted by atomic mass is 10.0. The van der Waals surface area contributed by atoms with E-state index in [1.807, 2.05) is 0 Å². The van der Waals surface area contributed by atoms with Gasteiger partial charge in [0.15, 0.2) is 0 Å². The van der Waals surface area contributed by atoms with Gasteiger partial charge in [0.1, 0.15) is 12.1 Å². The lowest BCUT2D eigenvalue weighted by Gasteiger charge is -2.21. The highest BCUT2D eigenvalue weighted by molar-refractivity contribution is 6.38. The highest BCUT2D eigenvalue weighted by Crippen LogP contribution is 2.06. The average molecular weight is 421 g/mol. The molecule has 3 atom stereocenters. The number of pyridine rings is 1. The van der Waals surface area contributed by atoms with Crippen LogP contribution in [0.15, 0.2) is 24.5 Å². The average Bonchev–Trinajstić information content (AvgIpc) is 2.66. The third kappa shape index (κ3) is 8.25. The van der Waals surface area contributed by atoms with Crippen LogP contribution in [-0.2, 0) is 25.6 Å². The highest BCUT2D eigenvalue weighted by Gasteiger charge is 2.29. The number of hydrogen-bond donors (Lipinski definition) is 5. The van der Waals surface area contributed by atoms with Gasteiger partial charge in [0.2, 0.25) is 17.6 Å². The number of carbonyl (C=O) groups is 5. The summed E-state index contributed by atoms with van der Waals surface area (Å²) in [4.78, 5) is 63.3. The van der Waals surface area contributed by atoms with Crippen molar-refractivity contribution in [3.8, 4) is 0 Å². The van der Waals surface area contributed by atoms with Crippen LogP contribution in [0.25, 0.3) is 0 Å². The Bertz CT molecular complexity index is 783. The maximum atomic E-state index is 12.3. The number of ketones is 1. The number of primary amides is 1. The standard InChI is InChI=1S/C19H27N5O6/c1-10(2)8-14(24-19(29)30)17(27)22-11(3)15(25)18(28)23-13(16(20)26)9-12-4-6-21-7-5-12/h4-7,10-11,13-14,24H,8-9H2,1-3H3,(H2,20,26)(H,22,27)(H,23,28)(H,29,30)/t11?,13-,14-/m0/s1. The second kappa shape index (κ2) is 11.5. The maximum absolute atomic E-state index is 12.3. The molecular weight excluding hydrogens is 394 g/mol. The summed E-state index contributed by atoms with van der Waals surface area (Å²) in [7, 11) is 0.